The van der Waals surface area contributed by atoms with E-state index in [2.05, 4.69) is 71.8 Å². The van der Waals surface area contributed by atoms with Gasteiger partial charge < -0.3 is 5.32 Å². The van der Waals surface area contributed by atoms with Crippen LogP contribution in [0.1, 0.15) is 11.1 Å². The van der Waals surface area contributed by atoms with Crippen molar-refractivity contribution in [3.63, 3.8) is 0 Å². The average Bonchev–Trinajstić information content (AvgIpc) is 2.56. The van der Waals surface area contributed by atoms with Crippen molar-refractivity contribution < 1.29 is 0 Å². The van der Waals surface area contributed by atoms with Crippen LogP contribution in [0.3, 0.4) is 0 Å². The van der Waals surface area contributed by atoms with Crippen LogP contribution in [0.25, 0.3) is 11.1 Å². The van der Waals surface area contributed by atoms with Gasteiger partial charge in [-0.2, -0.15) is 0 Å². The Kier molecular flexibility index (Phi) is 4.50. The highest BCUT2D eigenvalue weighted by molar-refractivity contribution is 5.67. The highest BCUT2D eigenvalue weighted by Crippen LogP contribution is 2.22. The molecule has 2 heteroatoms. The van der Waals surface area contributed by atoms with Crippen molar-refractivity contribution >= 4 is 5.69 Å². The molecule has 1 heterocycles. The number of aromatic nitrogens is 1. The summed E-state index contributed by atoms with van der Waals surface area (Å²) in [5.74, 6) is 0. The third-order valence-electron chi connectivity index (χ3n) is 3.68. The van der Waals surface area contributed by atoms with Gasteiger partial charge in [0, 0.05) is 24.5 Å². The van der Waals surface area contributed by atoms with Gasteiger partial charge in [0.25, 0.3) is 0 Å². The number of benzene rings is 2. The Hall–Kier alpha value is -2.61. The topological polar surface area (TPSA) is 24.9 Å². The predicted octanol–water partition coefficient (Wildman–Crippen LogP) is 4.71. The van der Waals surface area contributed by atoms with Crippen LogP contribution in [-0.2, 0) is 6.42 Å². The van der Waals surface area contributed by atoms with Gasteiger partial charge in [-0.3, -0.25) is 4.98 Å². The summed E-state index contributed by atoms with van der Waals surface area (Å²) in [5.41, 5.74) is 6.03. The van der Waals surface area contributed by atoms with E-state index >= 15 is 0 Å². The second-order valence-corrected chi connectivity index (χ2v) is 5.49. The minimum atomic E-state index is 0.906. The molecule has 0 saturated carbocycles. The molecule has 0 fully saturated rings. The highest BCUT2D eigenvalue weighted by atomic mass is 14.9. The van der Waals surface area contributed by atoms with Crippen LogP contribution < -0.4 is 5.32 Å². The molecule has 1 N–H and O–H groups in total. The second kappa shape index (κ2) is 6.90. The molecule has 0 aliphatic heterocycles. The number of nitrogens with zero attached hydrogens (tertiary/aromatic N) is 1. The number of pyridine rings is 1. The molecule has 0 radical (unpaired) electrons. The maximum atomic E-state index is 4.35. The Morgan fingerprint density at radius 3 is 2.55 bits per heavy atom. The first kappa shape index (κ1) is 14.3. The van der Waals surface area contributed by atoms with Crippen molar-refractivity contribution in [1.29, 1.82) is 0 Å². The Balaban J connectivity index is 1.66. The largest absolute Gasteiger partial charge is 0.383 e. The number of hydrogen-bond acceptors (Lipinski definition) is 2. The molecular weight excluding hydrogens is 268 g/mol. The molecule has 3 aromatic rings. The Labute approximate surface area is 131 Å². The molecule has 0 unspecified atom stereocenters. The summed E-state index contributed by atoms with van der Waals surface area (Å²) in [6.45, 7) is 3.02. The van der Waals surface area contributed by atoms with E-state index in [-0.39, 0.29) is 0 Å². The van der Waals surface area contributed by atoms with Gasteiger partial charge >= 0.3 is 0 Å². The fourth-order valence-electron chi connectivity index (χ4n) is 2.51. The molecule has 0 spiro atoms. The summed E-state index contributed by atoms with van der Waals surface area (Å²) < 4.78 is 0. The van der Waals surface area contributed by atoms with E-state index in [0.717, 1.165) is 24.2 Å². The van der Waals surface area contributed by atoms with Gasteiger partial charge in [0.1, 0.15) is 0 Å². The number of nitrogens with one attached hydrogen (secondary N) is 1. The summed E-state index contributed by atoms with van der Waals surface area (Å²) in [4.78, 5) is 4.35. The Bertz CT molecular complexity index is 735. The van der Waals surface area contributed by atoms with Gasteiger partial charge in [-0.05, 0) is 30.5 Å². The number of rotatable bonds is 5. The molecule has 110 valence electrons. The summed E-state index contributed by atoms with van der Waals surface area (Å²) in [5, 5.41) is 3.46. The highest BCUT2D eigenvalue weighted by Gasteiger charge is 2.00. The molecular formula is C20H20N2. The maximum absolute atomic E-state index is 4.35. The normalized spacial score (nSPS) is 10.4. The molecule has 0 amide bonds. The van der Waals surface area contributed by atoms with Crippen molar-refractivity contribution in [2.45, 2.75) is 13.3 Å². The molecule has 2 nitrogen and oxygen atoms in total. The average molecular weight is 288 g/mol. The number of hydrogen-bond donors (Lipinski definition) is 1. The van der Waals surface area contributed by atoms with Gasteiger partial charge in [-0.15, -0.1) is 0 Å². The molecule has 22 heavy (non-hydrogen) atoms. The van der Waals surface area contributed by atoms with Gasteiger partial charge in [0.05, 0.1) is 5.69 Å². The van der Waals surface area contributed by atoms with E-state index in [1.165, 1.54) is 16.7 Å². The van der Waals surface area contributed by atoms with Crippen LogP contribution in [-0.4, -0.2) is 11.5 Å². The van der Waals surface area contributed by atoms with E-state index < -0.39 is 0 Å². The van der Waals surface area contributed by atoms with Crippen LogP contribution in [0.15, 0.2) is 73.1 Å². The minimum absolute atomic E-state index is 0.906. The van der Waals surface area contributed by atoms with E-state index in [1.54, 1.807) is 0 Å². The molecule has 0 saturated heterocycles. The molecule has 0 bridgehead atoms. The molecule has 0 aliphatic carbocycles. The predicted molar refractivity (Wildman–Crippen MR) is 93.0 cm³/mol. The van der Waals surface area contributed by atoms with Gasteiger partial charge in [-0.1, -0.05) is 60.2 Å². The second-order valence-electron chi connectivity index (χ2n) is 5.49. The maximum Gasteiger partial charge on any atom is 0.0533 e. The van der Waals surface area contributed by atoms with Gasteiger partial charge in [-0.25, -0.2) is 0 Å². The zero-order chi connectivity index (χ0) is 15.2. The van der Waals surface area contributed by atoms with Crippen LogP contribution in [0, 0.1) is 6.92 Å². The monoisotopic (exact) mass is 288 g/mol. The standard InChI is InChI=1S/C20H20N2/c1-16-6-5-9-18(12-16)19-13-20(15-21-14-19)22-11-10-17-7-3-2-4-8-17/h2-9,12-15,22H,10-11H2,1H3. The van der Waals surface area contributed by atoms with Gasteiger partial charge in [0.2, 0.25) is 0 Å². The first-order chi connectivity index (χ1) is 10.8. The number of anilines is 1. The fraction of sp³-hybridized carbons (Fsp3) is 0.150. The van der Waals surface area contributed by atoms with E-state index in [1.807, 2.05) is 18.5 Å². The van der Waals surface area contributed by atoms with Crippen LogP contribution in [0.5, 0.6) is 0 Å². The summed E-state index contributed by atoms with van der Waals surface area (Å²) in [6, 6.07) is 21.2. The van der Waals surface area contributed by atoms with Crippen molar-refractivity contribution in [3.05, 3.63) is 84.2 Å². The molecule has 0 atom stereocenters. The van der Waals surface area contributed by atoms with E-state index in [0.29, 0.717) is 0 Å². The zero-order valence-corrected chi connectivity index (χ0v) is 12.8. The van der Waals surface area contributed by atoms with Crippen molar-refractivity contribution in [2.75, 3.05) is 11.9 Å². The van der Waals surface area contributed by atoms with Crippen molar-refractivity contribution in [1.82, 2.24) is 4.98 Å². The smallest absolute Gasteiger partial charge is 0.0533 e. The van der Waals surface area contributed by atoms with Crippen LogP contribution >= 0.6 is 0 Å². The Morgan fingerprint density at radius 1 is 0.864 bits per heavy atom. The summed E-state index contributed by atoms with van der Waals surface area (Å²) in [7, 11) is 0. The minimum Gasteiger partial charge on any atom is -0.383 e. The molecule has 0 aliphatic rings. The van der Waals surface area contributed by atoms with Crippen LogP contribution in [0.4, 0.5) is 5.69 Å². The lowest BCUT2D eigenvalue weighted by Gasteiger charge is -2.08. The van der Waals surface area contributed by atoms with E-state index in [9.17, 15) is 0 Å². The Morgan fingerprint density at radius 2 is 1.73 bits per heavy atom. The zero-order valence-electron chi connectivity index (χ0n) is 12.8. The lowest BCUT2D eigenvalue weighted by Crippen LogP contribution is -2.05. The SMILES string of the molecule is Cc1cccc(-c2cncc(NCCc3ccccc3)c2)c1. The lowest BCUT2D eigenvalue weighted by molar-refractivity contribution is 1.02. The lowest BCUT2D eigenvalue weighted by atomic mass is 10.1. The summed E-state index contributed by atoms with van der Waals surface area (Å²) in [6.07, 6.45) is 4.80. The third kappa shape index (κ3) is 3.73. The third-order valence-corrected chi connectivity index (χ3v) is 3.68. The van der Waals surface area contributed by atoms with Crippen molar-refractivity contribution in [2.24, 2.45) is 0 Å². The quantitative estimate of drug-likeness (QED) is 0.735. The van der Waals surface area contributed by atoms with Gasteiger partial charge in [0.15, 0.2) is 0 Å². The van der Waals surface area contributed by atoms with E-state index in [4.69, 9.17) is 0 Å². The fourth-order valence-corrected chi connectivity index (χ4v) is 2.51. The van der Waals surface area contributed by atoms with Crippen molar-refractivity contribution in [3.8, 4) is 11.1 Å². The summed E-state index contributed by atoms with van der Waals surface area (Å²) >= 11 is 0. The molecule has 2 aromatic carbocycles. The molecule has 3 rings (SSSR count). The number of aryl methyl sites for hydroxylation is 1. The first-order valence-corrected chi connectivity index (χ1v) is 7.61. The molecule has 1 aromatic heterocycles. The first-order valence-electron chi connectivity index (χ1n) is 7.61. The van der Waals surface area contributed by atoms with Crippen LogP contribution in [0.2, 0.25) is 0 Å².